The number of hydrogen-bond acceptors (Lipinski definition) is 5. The molecule has 1 aliphatic rings. The average Bonchev–Trinajstić information content (AvgIpc) is 3.28. The third-order valence-corrected chi connectivity index (χ3v) is 5.16. The second-order valence-electron chi connectivity index (χ2n) is 6.83. The van der Waals surface area contributed by atoms with Crippen LogP contribution in [-0.2, 0) is 6.54 Å². The summed E-state index contributed by atoms with van der Waals surface area (Å²) in [6.45, 7) is 3.81. The molecule has 9 heteroatoms. The third kappa shape index (κ3) is 3.35. The van der Waals surface area contributed by atoms with Crippen molar-refractivity contribution in [3.05, 3.63) is 68.6 Å². The van der Waals surface area contributed by atoms with E-state index in [4.69, 9.17) is 4.42 Å². The Balaban J connectivity index is 1.52. The minimum atomic E-state index is -0.713. The molecule has 0 bridgehead atoms. The molecule has 1 N–H and O–H groups in total. The molecule has 3 aromatic rings. The Hall–Kier alpha value is -3.62. The number of nitrogens with one attached hydrogen (secondary N) is 1. The summed E-state index contributed by atoms with van der Waals surface area (Å²) in [5, 5.41) is 0. The van der Waals surface area contributed by atoms with Crippen molar-refractivity contribution in [3.63, 3.8) is 0 Å². The topological polar surface area (TPSA) is 109 Å². The fourth-order valence-corrected chi connectivity index (χ4v) is 3.59. The minimum absolute atomic E-state index is 0.119. The summed E-state index contributed by atoms with van der Waals surface area (Å²) in [7, 11) is 0. The number of amides is 2. The molecule has 1 aromatic carbocycles. The van der Waals surface area contributed by atoms with E-state index in [2.05, 4.69) is 4.98 Å². The first-order valence-corrected chi connectivity index (χ1v) is 9.37. The summed E-state index contributed by atoms with van der Waals surface area (Å²) in [6, 6.07) is 6.53. The Kier molecular flexibility index (Phi) is 4.79. The smallest absolute Gasteiger partial charge is 0.316 e. The number of aromatic amines is 1. The van der Waals surface area contributed by atoms with Crippen molar-refractivity contribution in [3.8, 4) is 0 Å². The predicted octanol–water partition coefficient (Wildman–Crippen LogP) is 0.901. The molecule has 0 atom stereocenters. The molecule has 2 amide bonds. The van der Waals surface area contributed by atoms with Crippen LogP contribution >= 0.6 is 0 Å². The van der Waals surface area contributed by atoms with Gasteiger partial charge in [-0.3, -0.25) is 19.2 Å². The Morgan fingerprint density at radius 3 is 2.24 bits per heavy atom. The number of H-pyrrole nitrogens is 1. The quantitative estimate of drug-likeness (QED) is 0.662. The molecular formula is C20H20N4O5. The number of carbonyl (C=O) groups excluding carboxylic acids is 2. The highest BCUT2D eigenvalue weighted by Gasteiger charge is 2.26. The van der Waals surface area contributed by atoms with E-state index < -0.39 is 11.1 Å². The molecule has 0 saturated carbocycles. The molecule has 0 aliphatic carbocycles. The zero-order valence-corrected chi connectivity index (χ0v) is 15.9. The van der Waals surface area contributed by atoms with Gasteiger partial charge < -0.3 is 23.8 Å². The van der Waals surface area contributed by atoms with Crippen LogP contribution in [0.15, 0.2) is 50.8 Å². The number of nitrogens with zero attached hydrogens (tertiary/aromatic N) is 3. The van der Waals surface area contributed by atoms with Crippen LogP contribution < -0.4 is 11.1 Å². The van der Waals surface area contributed by atoms with Crippen LogP contribution in [0.5, 0.6) is 0 Å². The van der Waals surface area contributed by atoms with Crippen molar-refractivity contribution >= 4 is 22.8 Å². The third-order valence-electron chi connectivity index (χ3n) is 5.16. The van der Waals surface area contributed by atoms with Crippen molar-refractivity contribution < 1.29 is 14.0 Å². The molecule has 0 radical (unpaired) electrons. The highest BCUT2D eigenvalue weighted by atomic mass is 16.3. The number of hydrogen-bond donors (Lipinski definition) is 1. The van der Waals surface area contributed by atoms with Crippen molar-refractivity contribution in [2.75, 3.05) is 26.2 Å². The number of benzene rings is 1. The van der Waals surface area contributed by atoms with Crippen LogP contribution in [-0.4, -0.2) is 57.3 Å². The van der Waals surface area contributed by atoms with Crippen LogP contribution in [0, 0.1) is 0 Å². The molecule has 0 spiro atoms. The van der Waals surface area contributed by atoms with Crippen LogP contribution in [0.4, 0.5) is 0 Å². The fourth-order valence-electron chi connectivity index (χ4n) is 3.59. The highest BCUT2D eigenvalue weighted by Crippen LogP contribution is 2.16. The van der Waals surface area contributed by atoms with E-state index in [1.165, 1.54) is 17.1 Å². The van der Waals surface area contributed by atoms with E-state index >= 15 is 0 Å². The van der Waals surface area contributed by atoms with Gasteiger partial charge in [-0.2, -0.15) is 0 Å². The van der Waals surface area contributed by atoms with Crippen molar-refractivity contribution in [2.45, 2.75) is 13.5 Å². The summed E-state index contributed by atoms with van der Waals surface area (Å²) < 4.78 is 6.33. The molecule has 3 heterocycles. The van der Waals surface area contributed by atoms with Crippen LogP contribution in [0.2, 0.25) is 0 Å². The largest absolute Gasteiger partial charge is 0.472 e. The van der Waals surface area contributed by atoms with Gasteiger partial charge in [0.25, 0.3) is 11.8 Å². The first kappa shape index (κ1) is 18.7. The summed E-state index contributed by atoms with van der Waals surface area (Å²) in [5.41, 5.74) is 0.599. The molecule has 1 aliphatic heterocycles. The number of aryl methyl sites for hydroxylation is 1. The van der Waals surface area contributed by atoms with Gasteiger partial charge in [0.05, 0.1) is 22.9 Å². The lowest BCUT2D eigenvalue weighted by Gasteiger charge is -2.34. The van der Waals surface area contributed by atoms with E-state index in [0.29, 0.717) is 54.9 Å². The monoisotopic (exact) mass is 396 g/mol. The molecule has 9 nitrogen and oxygen atoms in total. The van der Waals surface area contributed by atoms with Gasteiger partial charge in [0, 0.05) is 38.3 Å². The maximum atomic E-state index is 12.9. The predicted molar refractivity (Wildman–Crippen MR) is 105 cm³/mol. The van der Waals surface area contributed by atoms with E-state index in [-0.39, 0.29) is 11.8 Å². The van der Waals surface area contributed by atoms with Crippen molar-refractivity contribution in [1.82, 2.24) is 19.4 Å². The second kappa shape index (κ2) is 7.42. The molecule has 2 aromatic heterocycles. The number of rotatable bonds is 3. The van der Waals surface area contributed by atoms with Crippen molar-refractivity contribution in [2.24, 2.45) is 0 Å². The zero-order chi connectivity index (χ0) is 20.5. The van der Waals surface area contributed by atoms with Gasteiger partial charge in [0.2, 0.25) is 0 Å². The normalized spacial score (nSPS) is 14.4. The lowest BCUT2D eigenvalue weighted by molar-refractivity contribution is 0.0535. The Morgan fingerprint density at radius 1 is 1.00 bits per heavy atom. The number of piperazine rings is 1. The highest BCUT2D eigenvalue weighted by molar-refractivity contribution is 5.98. The van der Waals surface area contributed by atoms with Gasteiger partial charge >= 0.3 is 11.1 Å². The summed E-state index contributed by atoms with van der Waals surface area (Å²) in [6.07, 6.45) is 2.86. The Morgan fingerprint density at radius 2 is 1.66 bits per heavy atom. The Bertz CT molecular complexity index is 1180. The molecule has 1 fully saturated rings. The number of carbonyl (C=O) groups is 2. The fraction of sp³-hybridized carbons (Fsp3) is 0.300. The molecule has 1 saturated heterocycles. The van der Waals surface area contributed by atoms with Gasteiger partial charge in [0.15, 0.2) is 0 Å². The SMILES string of the molecule is CCn1c(=O)c(=O)[nH]c2cc(C(=O)N3CCN(C(=O)c4ccoc4)CC3)ccc21. The Labute approximate surface area is 165 Å². The number of fused-ring (bicyclic) bond motifs is 1. The van der Waals surface area contributed by atoms with Crippen LogP contribution in [0.1, 0.15) is 27.6 Å². The van der Waals surface area contributed by atoms with Gasteiger partial charge in [-0.15, -0.1) is 0 Å². The maximum Gasteiger partial charge on any atom is 0.316 e. The lowest BCUT2D eigenvalue weighted by Crippen LogP contribution is -2.50. The average molecular weight is 396 g/mol. The first-order valence-electron chi connectivity index (χ1n) is 9.37. The first-order chi connectivity index (χ1) is 14.0. The van der Waals surface area contributed by atoms with E-state index in [0.717, 1.165) is 0 Å². The van der Waals surface area contributed by atoms with Crippen molar-refractivity contribution in [1.29, 1.82) is 0 Å². The lowest BCUT2D eigenvalue weighted by atomic mass is 10.1. The molecular weight excluding hydrogens is 376 g/mol. The summed E-state index contributed by atoms with van der Waals surface area (Å²) >= 11 is 0. The van der Waals surface area contributed by atoms with E-state index in [1.807, 2.05) is 0 Å². The second-order valence-corrected chi connectivity index (χ2v) is 6.83. The molecule has 29 heavy (non-hydrogen) atoms. The maximum absolute atomic E-state index is 12.9. The molecule has 0 unspecified atom stereocenters. The van der Waals surface area contributed by atoms with E-state index in [1.54, 1.807) is 41.0 Å². The summed E-state index contributed by atoms with van der Waals surface area (Å²) in [4.78, 5) is 55.0. The van der Waals surface area contributed by atoms with Gasteiger partial charge in [-0.25, -0.2) is 0 Å². The standard InChI is InChI=1S/C20H20N4O5/c1-2-24-16-4-3-13(11-15(16)21-17(25)20(24)28)18(26)22-6-8-23(9-7-22)19(27)14-5-10-29-12-14/h3-5,10-12H,2,6-9H2,1H3,(H,21,25). The van der Waals surface area contributed by atoms with Gasteiger partial charge in [-0.1, -0.05) is 0 Å². The molecule has 4 rings (SSSR count). The molecule has 150 valence electrons. The van der Waals surface area contributed by atoms with Gasteiger partial charge in [0.1, 0.15) is 6.26 Å². The van der Waals surface area contributed by atoms with E-state index in [9.17, 15) is 19.2 Å². The van der Waals surface area contributed by atoms with Crippen LogP contribution in [0.3, 0.4) is 0 Å². The van der Waals surface area contributed by atoms with Crippen LogP contribution in [0.25, 0.3) is 11.0 Å². The number of aromatic nitrogens is 2. The number of furan rings is 1. The minimum Gasteiger partial charge on any atom is -0.472 e. The zero-order valence-electron chi connectivity index (χ0n) is 15.9. The summed E-state index contributed by atoms with van der Waals surface area (Å²) in [5.74, 6) is -0.302. The van der Waals surface area contributed by atoms with Gasteiger partial charge in [-0.05, 0) is 31.2 Å².